The Bertz CT molecular complexity index is 1160. The van der Waals surface area contributed by atoms with E-state index in [0.29, 0.717) is 23.0 Å². The highest BCUT2D eigenvalue weighted by Gasteiger charge is 2.09. The van der Waals surface area contributed by atoms with Crippen molar-refractivity contribution in [1.29, 1.82) is 0 Å². The molecule has 0 saturated carbocycles. The number of fused-ring (bicyclic) bond motifs is 1. The van der Waals surface area contributed by atoms with Gasteiger partial charge in [0.05, 0.1) is 24.3 Å². The van der Waals surface area contributed by atoms with Crippen molar-refractivity contribution in [3.63, 3.8) is 0 Å². The van der Waals surface area contributed by atoms with Gasteiger partial charge in [-0.05, 0) is 35.9 Å². The van der Waals surface area contributed by atoms with Crippen LogP contribution in [0, 0.1) is 0 Å². The Hall–Kier alpha value is -3.52. The van der Waals surface area contributed by atoms with Gasteiger partial charge in [0.15, 0.2) is 0 Å². The SMILES string of the molecule is COc1nc(Oc2ccc(CNc3nc4ccc(N)cc4n3C)cc2)ncc1Cl. The van der Waals surface area contributed by atoms with E-state index in [1.807, 2.05) is 54.1 Å². The normalized spacial score (nSPS) is 10.9. The van der Waals surface area contributed by atoms with Gasteiger partial charge < -0.3 is 25.1 Å². The number of ether oxygens (including phenoxy) is 2. The Labute approximate surface area is 172 Å². The minimum absolute atomic E-state index is 0.163. The number of nitrogens with zero attached hydrogens (tertiary/aromatic N) is 4. The van der Waals surface area contributed by atoms with E-state index >= 15 is 0 Å². The van der Waals surface area contributed by atoms with E-state index in [1.54, 1.807) is 0 Å². The molecule has 0 amide bonds. The van der Waals surface area contributed by atoms with Crippen LogP contribution in [0.25, 0.3) is 11.0 Å². The molecule has 0 bridgehead atoms. The van der Waals surface area contributed by atoms with E-state index in [0.717, 1.165) is 22.5 Å². The summed E-state index contributed by atoms with van der Waals surface area (Å²) in [5.74, 6) is 1.64. The smallest absolute Gasteiger partial charge is 0.325 e. The van der Waals surface area contributed by atoms with E-state index in [2.05, 4.69) is 20.3 Å². The molecule has 2 heterocycles. The summed E-state index contributed by atoms with van der Waals surface area (Å²) in [6, 6.07) is 13.4. The largest absolute Gasteiger partial charge is 0.480 e. The number of nitrogens with one attached hydrogen (secondary N) is 1. The van der Waals surface area contributed by atoms with Crippen molar-refractivity contribution >= 4 is 34.3 Å². The highest BCUT2D eigenvalue weighted by molar-refractivity contribution is 6.31. The number of hydrogen-bond acceptors (Lipinski definition) is 7. The highest BCUT2D eigenvalue weighted by atomic mass is 35.5. The van der Waals surface area contributed by atoms with Crippen LogP contribution in [0.1, 0.15) is 5.56 Å². The summed E-state index contributed by atoms with van der Waals surface area (Å²) in [4.78, 5) is 12.7. The standard InChI is InChI=1S/C20H19ClN6O2/c1-27-17-9-13(22)5-8-16(17)25-19(27)23-10-12-3-6-14(7-4-12)29-20-24-11-15(21)18(26-20)28-2/h3-9,11H,10,22H2,1-2H3,(H,23,25). The Balaban J connectivity index is 1.43. The lowest BCUT2D eigenvalue weighted by Gasteiger charge is -2.08. The van der Waals surface area contributed by atoms with Crippen LogP contribution >= 0.6 is 11.6 Å². The Morgan fingerprint density at radius 1 is 1.14 bits per heavy atom. The first-order valence-corrected chi connectivity index (χ1v) is 9.20. The quantitative estimate of drug-likeness (QED) is 0.463. The summed E-state index contributed by atoms with van der Waals surface area (Å²) in [6.45, 7) is 0.609. The second-order valence-electron chi connectivity index (χ2n) is 6.35. The van der Waals surface area contributed by atoms with Gasteiger partial charge in [0, 0.05) is 19.3 Å². The Kier molecular flexibility index (Phi) is 5.09. The van der Waals surface area contributed by atoms with Crippen LogP contribution in [-0.4, -0.2) is 26.6 Å². The lowest BCUT2D eigenvalue weighted by Crippen LogP contribution is -2.05. The number of imidazole rings is 1. The zero-order valence-corrected chi connectivity index (χ0v) is 16.6. The van der Waals surface area contributed by atoms with Crippen molar-refractivity contribution in [2.24, 2.45) is 7.05 Å². The molecule has 0 spiro atoms. The number of halogens is 1. The van der Waals surface area contributed by atoms with E-state index < -0.39 is 0 Å². The highest BCUT2D eigenvalue weighted by Crippen LogP contribution is 2.25. The summed E-state index contributed by atoms with van der Waals surface area (Å²) >= 11 is 5.92. The van der Waals surface area contributed by atoms with Crippen LogP contribution in [0.15, 0.2) is 48.7 Å². The van der Waals surface area contributed by atoms with Crippen LogP contribution in [0.2, 0.25) is 5.02 Å². The molecule has 8 nitrogen and oxygen atoms in total. The van der Waals surface area contributed by atoms with Crippen molar-refractivity contribution in [3.8, 4) is 17.6 Å². The first kappa shape index (κ1) is 18.8. The Morgan fingerprint density at radius 2 is 1.93 bits per heavy atom. The lowest BCUT2D eigenvalue weighted by atomic mass is 10.2. The molecule has 0 saturated heterocycles. The first-order valence-electron chi connectivity index (χ1n) is 8.82. The molecule has 0 aliphatic heterocycles. The molecule has 2 aromatic carbocycles. The minimum atomic E-state index is 0.163. The number of nitrogens with two attached hydrogens (primary N) is 1. The lowest BCUT2D eigenvalue weighted by molar-refractivity contribution is 0.376. The van der Waals surface area contributed by atoms with Gasteiger partial charge in [0.25, 0.3) is 0 Å². The minimum Gasteiger partial charge on any atom is -0.480 e. The monoisotopic (exact) mass is 410 g/mol. The second-order valence-corrected chi connectivity index (χ2v) is 6.76. The van der Waals surface area contributed by atoms with Gasteiger partial charge in [-0.2, -0.15) is 4.98 Å². The molecule has 2 aromatic heterocycles. The van der Waals surface area contributed by atoms with Gasteiger partial charge in [-0.25, -0.2) is 9.97 Å². The van der Waals surface area contributed by atoms with Gasteiger partial charge in [-0.15, -0.1) is 0 Å². The maximum atomic E-state index is 5.92. The summed E-state index contributed by atoms with van der Waals surface area (Å²) in [6.07, 6.45) is 1.44. The number of aryl methyl sites for hydroxylation is 1. The van der Waals surface area contributed by atoms with Crippen molar-refractivity contribution < 1.29 is 9.47 Å². The summed E-state index contributed by atoms with van der Waals surface area (Å²) in [5, 5.41) is 3.67. The summed E-state index contributed by atoms with van der Waals surface area (Å²) < 4.78 is 12.7. The molecular formula is C20H19ClN6O2. The van der Waals surface area contributed by atoms with Crippen molar-refractivity contribution in [3.05, 3.63) is 59.2 Å². The molecule has 9 heteroatoms. The third-order valence-corrected chi connectivity index (χ3v) is 4.63. The molecule has 0 atom stereocenters. The predicted octanol–water partition coefficient (Wildman–Crippen LogP) is 4.01. The van der Waals surface area contributed by atoms with E-state index in [1.165, 1.54) is 13.3 Å². The summed E-state index contributed by atoms with van der Waals surface area (Å²) in [5.41, 5.74) is 9.52. The van der Waals surface area contributed by atoms with Gasteiger partial charge >= 0.3 is 6.01 Å². The molecule has 4 aromatic rings. The Morgan fingerprint density at radius 3 is 2.69 bits per heavy atom. The van der Waals surface area contributed by atoms with Gasteiger partial charge in [-0.1, -0.05) is 23.7 Å². The zero-order chi connectivity index (χ0) is 20.4. The fourth-order valence-corrected chi connectivity index (χ4v) is 3.02. The number of aromatic nitrogens is 4. The van der Waals surface area contributed by atoms with Crippen molar-refractivity contribution in [2.45, 2.75) is 6.54 Å². The summed E-state index contributed by atoms with van der Waals surface area (Å²) in [7, 11) is 3.44. The van der Waals surface area contributed by atoms with Gasteiger partial charge in [0.2, 0.25) is 11.8 Å². The molecule has 4 rings (SSSR count). The van der Waals surface area contributed by atoms with Crippen LogP contribution in [0.4, 0.5) is 11.6 Å². The number of methoxy groups -OCH3 is 1. The van der Waals surface area contributed by atoms with Crippen molar-refractivity contribution in [2.75, 3.05) is 18.2 Å². The molecule has 148 valence electrons. The topological polar surface area (TPSA) is 100 Å². The van der Waals surface area contributed by atoms with Crippen LogP contribution in [0.5, 0.6) is 17.6 Å². The van der Waals surface area contributed by atoms with E-state index in [4.69, 9.17) is 26.8 Å². The average Bonchev–Trinajstić information content (AvgIpc) is 3.04. The maximum absolute atomic E-state index is 5.92. The molecular weight excluding hydrogens is 392 g/mol. The molecule has 0 aliphatic rings. The zero-order valence-electron chi connectivity index (χ0n) is 15.9. The van der Waals surface area contributed by atoms with Gasteiger partial charge in [0.1, 0.15) is 10.8 Å². The molecule has 0 fully saturated rings. The van der Waals surface area contributed by atoms with E-state index in [9.17, 15) is 0 Å². The third kappa shape index (κ3) is 4.02. The first-order chi connectivity index (χ1) is 14.0. The van der Waals surface area contributed by atoms with Gasteiger partial charge in [-0.3, -0.25) is 0 Å². The fourth-order valence-electron chi connectivity index (χ4n) is 2.86. The number of nitrogen functional groups attached to an aromatic ring is 1. The number of hydrogen-bond donors (Lipinski definition) is 2. The average molecular weight is 411 g/mol. The van der Waals surface area contributed by atoms with Crippen molar-refractivity contribution in [1.82, 2.24) is 19.5 Å². The molecule has 3 N–H and O–H groups in total. The molecule has 0 aliphatic carbocycles. The van der Waals surface area contributed by atoms with E-state index in [-0.39, 0.29) is 11.9 Å². The third-order valence-electron chi connectivity index (χ3n) is 4.37. The molecule has 0 radical (unpaired) electrons. The fraction of sp³-hybridized carbons (Fsp3) is 0.150. The van der Waals surface area contributed by atoms with Crippen LogP contribution < -0.4 is 20.5 Å². The number of benzene rings is 2. The maximum Gasteiger partial charge on any atom is 0.325 e. The number of anilines is 2. The predicted molar refractivity (Wildman–Crippen MR) is 113 cm³/mol. The second kappa shape index (κ2) is 7.84. The molecule has 29 heavy (non-hydrogen) atoms. The number of rotatable bonds is 6. The van der Waals surface area contributed by atoms with Crippen LogP contribution in [-0.2, 0) is 13.6 Å². The molecule has 0 unspecified atom stereocenters. The van der Waals surface area contributed by atoms with Crippen LogP contribution in [0.3, 0.4) is 0 Å².